The Morgan fingerprint density at radius 3 is 2.86 bits per heavy atom. The van der Waals surface area contributed by atoms with Gasteiger partial charge in [-0.2, -0.15) is 10.2 Å². The fraction of sp³-hybridized carbons (Fsp3) is 0.824. The predicted octanol–water partition coefficient (Wildman–Crippen LogP) is 2.76. The number of carbonyl (C=O) groups excluding carboxylic acids is 1. The van der Waals surface area contributed by atoms with Gasteiger partial charge in [0.25, 0.3) is 0 Å². The van der Waals surface area contributed by atoms with Crippen LogP contribution in [0, 0.1) is 18.3 Å². The second-order valence-corrected chi connectivity index (χ2v) is 6.66. The number of likely N-dealkylation sites (tertiary alicyclic amines) is 1. The van der Waals surface area contributed by atoms with E-state index in [0.29, 0.717) is 31.2 Å². The van der Waals surface area contributed by atoms with E-state index in [1.165, 1.54) is 6.42 Å². The largest absolute Gasteiger partial charge is 0.381 e. The summed E-state index contributed by atoms with van der Waals surface area (Å²) in [5.74, 6) is 3.40. The summed E-state index contributed by atoms with van der Waals surface area (Å²) < 4.78 is 5.60. The quantitative estimate of drug-likeness (QED) is 0.708. The molecule has 3 aliphatic heterocycles. The van der Waals surface area contributed by atoms with E-state index in [4.69, 9.17) is 11.2 Å². The van der Waals surface area contributed by atoms with Gasteiger partial charge in [-0.15, -0.1) is 12.3 Å². The number of terminal acetylenes is 1. The van der Waals surface area contributed by atoms with Gasteiger partial charge in [0.05, 0.1) is 6.61 Å². The molecule has 0 N–H and O–H groups in total. The Hall–Kier alpha value is -1.41. The standard InChI is InChI=1S/C17H25N3O2/c1-2-3-9-17(18-19-17)10-8-16(21)20-11-4-7-15(20)14-6-5-12-22-13-14/h1,14-15H,3-13H2. The van der Waals surface area contributed by atoms with Crippen LogP contribution < -0.4 is 0 Å². The van der Waals surface area contributed by atoms with Gasteiger partial charge < -0.3 is 9.64 Å². The topological polar surface area (TPSA) is 54.3 Å². The van der Waals surface area contributed by atoms with E-state index in [1.807, 2.05) is 0 Å². The zero-order valence-corrected chi connectivity index (χ0v) is 13.2. The average molecular weight is 303 g/mol. The first-order chi connectivity index (χ1) is 10.7. The molecule has 0 bridgehead atoms. The van der Waals surface area contributed by atoms with Gasteiger partial charge in [0, 0.05) is 50.8 Å². The van der Waals surface area contributed by atoms with Crippen molar-refractivity contribution in [2.75, 3.05) is 19.8 Å². The number of ether oxygens (including phenoxy) is 1. The van der Waals surface area contributed by atoms with E-state index >= 15 is 0 Å². The molecule has 0 saturated carbocycles. The molecule has 5 heteroatoms. The van der Waals surface area contributed by atoms with Crippen LogP contribution in [-0.2, 0) is 9.53 Å². The van der Waals surface area contributed by atoms with Crippen LogP contribution in [0.4, 0.5) is 0 Å². The molecule has 22 heavy (non-hydrogen) atoms. The van der Waals surface area contributed by atoms with Crippen LogP contribution in [0.25, 0.3) is 0 Å². The second-order valence-electron chi connectivity index (χ2n) is 6.66. The molecule has 2 fully saturated rings. The highest BCUT2D eigenvalue weighted by atomic mass is 16.5. The van der Waals surface area contributed by atoms with Crippen LogP contribution in [0.3, 0.4) is 0 Å². The SMILES string of the molecule is C#CCCC1(CCC(=O)N2CCCC2C2CCCOC2)N=N1. The van der Waals surface area contributed by atoms with Crippen molar-refractivity contribution in [1.29, 1.82) is 0 Å². The Morgan fingerprint density at radius 2 is 2.18 bits per heavy atom. The highest BCUT2D eigenvalue weighted by Gasteiger charge is 2.41. The summed E-state index contributed by atoms with van der Waals surface area (Å²) >= 11 is 0. The van der Waals surface area contributed by atoms with Crippen molar-refractivity contribution >= 4 is 5.91 Å². The number of rotatable bonds is 6. The summed E-state index contributed by atoms with van der Waals surface area (Å²) in [5, 5.41) is 8.24. The summed E-state index contributed by atoms with van der Waals surface area (Å²) in [6.07, 6.45) is 12.5. The second kappa shape index (κ2) is 6.78. The molecule has 1 amide bonds. The van der Waals surface area contributed by atoms with Gasteiger partial charge in [-0.1, -0.05) is 0 Å². The summed E-state index contributed by atoms with van der Waals surface area (Å²) in [5.41, 5.74) is -0.342. The van der Waals surface area contributed by atoms with Crippen LogP contribution in [-0.4, -0.2) is 42.3 Å². The number of hydrogen-bond donors (Lipinski definition) is 0. The van der Waals surface area contributed by atoms with Crippen molar-refractivity contribution in [3.8, 4) is 12.3 Å². The first-order valence-corrected chi connectivity index (χ1v) is 8.49. The molecule has 2 atom stereocenters. The van der Waals surface area contributed by atoms with Crippen LogP contribution in [0.15, 0.2) is 10.2 Å². The first-order valence-electron chi connectivity index (χ1n) is 8.49. The van der Waals surface area contributed by atoms with Crippen molar-refractivity contribution < 1.29 is 9.53 Å². The smallest absolute Gasteiger partial charge is 0.222 e. The Balaban J connectivity index is 1.49. The maximum Gasteiger partial charge on any atom is 0.222 e. The molecule has 3 rings (SSSR count). The van der Waals surface area contributed by atoms with E-state index < -0.39 is 0 Å². The maximum atomic E-state index is 12.6. The Labute approximate surface area is 132 Å². The molecule has 0 aliphatic carbocycles. The van der Waals surface area contributed by atoms with Gasteiger partial charge in [0.2, 0.25) is 5.91 Å². The molecule has 120 valence electrons. The number of nitrogens with zero attached hydrogens (tertiary/aromatic N) is 3. The maximum absolute atomic E-state index is 12.6. The Bertz CT molecular complexity index is 471. The summed E-state index contributed by atoms with van der Waals surface area (Å²) in [6, 6.07) is 0.377. The van der Waals surface area contributed by atoms with E-state index in [9.17, 15) is 4.79 Å². The predicted molar refractivity (Wildman–Crippen MR) is 83.2 cm³/mol. The normalized spacial score (nSPS) is 29.3. The highest BCUT2D eigenvalue weighted by molar-refractivity contribution is 5.77. The molecule has 2 unspecified atom stereocenters. The minimum Gasteiger partial charge on any atom is -0.381 e. The lowest BCUT2D eigenvalue weighted by Crippen LogP contribution is -2.43. The first kappa shape index (κ1) is 15.5. The number of carbonyl (C=O) groups is 1. The number of hydrogen-bond acceptors (Lipinski definition) is 4. The van der Waals surface area contributed by atoms with Crippen molar-refractivity contribution in [1.82, 2.24) is 4.90 Å². The van der Waals surface area contributed by atoms with Crippen molar-refractivity contribution in [3.63, 3.8) is 0 Å². The zero-order valence-electron chi connectivity index (χ0n) is 13.2. The molecule has 3 aliphatic rings. The lowest BCUT2D eigenvalue weighted by Gasteiger charge is -2.34. The molecular formula is C17H25N3O2. The van der Waals surface area contributed by atoms with Gasteiger partial charge in [-0.3, -0.25) is 4.79 Å². The minimum atomic E-state index is -0.342. The van der Waals surface area contributed by atoms with Gasteiger partial charge >= 0.3 is 0 Å². The van der Waals surface area contributed by atoms with Crippen LogP contribution in [0.2, 0.25) is 0 Å². The molecule has 2 saturated heterocycles. The fourth-order valence-electron chi connectivity index (χ4n) is 3.78. The van der Waals surface area contributed by atoms with Crippen molar-refractivity contribution in [3.05, 3.63) is 0 Å². The highest BCUT2D eigenvalue weighted by Crippen LogP contribution is 2.38. The van der Waals surface area contributed by atoms with Crippen LogP contribution in [0.1, 0.15) is 51.4 Å². The molecular weight excluding hydrogens is 278 g/mol. The minimum absolute atomic E-state index is 0.255. The zero-order chi connectivity index (χ0) is 15.4. The van der Waals surface area contributed by atoms with Crippen molar-refractivity contribution in [2.24, 2.45) is 16.1 Å². The van der Waals surface area contributed by atoms with E-state index in [0.717, 1.165) is 45.4 Å². The third kappa shape index (κ3) is 3.49. The van der Waals surface area contributed by atoms with Gasteiger partial charge in [0.15, 0.2) is 5.66 Å². The Morgan fingerprint density at radius 1 is 1.32 bits per heavy atom. The fourth-order valence-corrected chi connectivity index (χ4v) is 3.78. The third-order valence-corrected chi connectivity index (χ3v) is 5.15. The van der Waals surface area contributed by atoms with Gasteiger partial charge in [0.1, 0.15) is 0 Å². The lowest BCUT2D eigenvalue weighted by atomic mass is 9.91. The average Bonchev–Trinajstić information content (AvgIpc) is 3.16. The van der Waals surface area contributed by atoms with E-state index in [2.05, 4.69) is 21.0 Å². The van der Waals surface area contributed by atoms with E-state index in [1.54, 1.807) is 0 Å². The van der Waals surface area contributed by atoms with E-state index in [-0.39, 0.29) is 11.6 Å². The summed E-state index contributed by atoms with van der Waals surface area (Å²) in [4.78, 5) is 14.7. The molecule has 3 heterocycles. The summed E-state index contributed by atoms with van der Waals surface area (Å²) in [7, 11) is 0. The molecule has 5 nitrogen and oxygen atoms in total. The molecule has 0 radical (unpaired) electrons. The van der Waals surface area contributed by atoms with Crippen LogP contribution in [0.5, 0.6) is 0 Å². The van der Waals surface area contributed by atoms with Gasteiger partial charge in [-0.25, -0.2) is 0 Å². The number of amides is 1. The summed E-state index contributed by atoms with van der Waals surface area (Å²) in [6.45, 7) is 2.58. The van der Waals surface area contributed by atoms with Gasteiger partial charge in [-0.05, 0) is 25.7 Å². The third-order valence-electron chi connectivity index (χ3n) is 5.15. The Kier molecular flexibility index (Phi) is 4.77. The molecule has 0 spiro atoms. The molecule has 0 aromatic rings. The monoisotopic (exact) mass is 303 g/mol. The molecule has 0 aromatic carbocycles. The van der Waals surface area contributed by atoms with Crippen molar-refractivity contribution in [2.45, 2.75) is 63.1 Å². The van der Waals surface area contributed by atoms with Crippen LogP contribution >= 0.6 is 0 Å². The lowest BCUT2D eigenvalue weighted by molar-refractivity contribution is -0.134. The molecule has 0 aromatic heterocycles.